The number of carbonyl (C=O) groups is 2. The summed E-state index contributed by atoms with van der Waals surface area (Å²) in [4.78, 5) is 26.7. The van der Waals surface area contributed by atoms with Crippen molar-refractivity contribution in [1.82, 2.24) is 10.6 Å². The number of furan rings is 1. The first-order valence-electron chi connectivity index (χ1n) is 9.70. The van der Waals surface area contributed by atoms with Gasteiger partial charge >= 0.3 is 11.8 Å². The minimum atomic E-state index is -0.648. The maximum absolute atomic E-state index is 12.3. The second-order valence-electron chi connectivity index (χ2n) is 6.98. The van der Waals surface area contributed by atoms with E-state index in [9.17, 15) is 9.59 Å². The van der Waals surface area contributed by atoms with Crippen LogP contribution < -0.4 is 15.5 Å². The molecule has 0 spiro atoms. The molecule has 2 amide bonds. The van der Waals surface area contributed by atoms with E-state index in [1.807, 2.05) is 54.6 Å². The Morgan fingerprint density at radius 3 is 2.48 bits per heavy atom. The number of para-hydroxylation sites is 1. The molecule has 2 heterocycles. The van der Waals surface area contributed by atoms with E-state index >= 15 is 0 Å². The summed E-state index contributed by atoms with van der Waals surface area (Å²) in [6.45, 7) is 1.43. The molecule has 0 radical (unpaired) electrons. The summed E-state index contributed by atoms with van der Waals surface area (Å²) in [7, 11) is 0. The third-order valence-corrected chi connectivity index (χ3v) is 5.13. The van der Waals surface area contributed by atoms with Crippen molar-refractivity contribution in [3.8, 4) is 0 Å². The van der Waals surface area contributed by atoms with Crippen LogP contribution in [-0.4, -0.2) is 24.9 Å². The van der Waals surface area contributed by atoms with Gasteiger partial charge in [-0.15, -0.1) is 0 Å². The largest absolute Gasteiger partial charge is 0.467 e. The Labute approximate surface area is 169 Å². The van der Waals surface area contributed by atoms with Gasteiger partial charge in [-0.3, -0.25) is 9.59 Å². The smallest absolute Gasteiger partial charge is 0.309 e. The molecule has 29 heavy (non-hydrogen) atoms. The summed E-state index contributed by atoms with van der Waals surface area (Å²) in [6, 6.07) is 21.3. The van der Waals surface area contributed by atoms with E-state index in [0.29, 0.717) is 6.54 Å². The van der Waals surface area contributed by atoms with E-state index in [1.165, 1.54) is 5.56 Å². The Bertz CT molecular complexity index is 970. The zero-order valence-corrected chi connectivity index (χ0v) is 16.0. The van der Waals surface area contributed by atoms with Crippen LogP contribution in [0, 0.1) is 0 Å². The fourth-order valence-corrected chi connectivity index (χ4v) is 3.66. The van der Waals surface area contributed by atoms with E-state index < -0.39 is 11.8 Å². The molecule has 2 aromatic carbocycles. The lowest BCUT2D eigenvalue weighted by atomic mass is 10.1. The molecule has 0 aliphatic carbocycles. The maximum atomic E-state index is 12.3. The van der Waals surface area contributed by atoms with Crippen molar-refractivity contribution in [3.05, 3.63) is 89.9 Å². The third-order valence-electron chi connectivity index (χ3n) is 5.13. The van der Waals surface area contributed by atoms with Crippen molar-refractivity contribution in [1.29, 1.82) is 0 Å². The number of fused-ring (bicyclic) bond motifs is 1. The highest BCUT2D eigenvalue weighted by molar-refractivity contribution is 6.35. The summed E-state index contributed by atoms with van der Waals surface area (Å²) in [5.74, 6) is -0.537. The quantitative estimate of drug-likeness (QED) is 0.636. The molecule has 6 heteroatoms. The van der Waals surface area contributed by atoms with Crippen LogP contribution in [0.2, 0.25) is 0 Å². The van der Waals surface area contributed by atoms with Crippen LogP contribution in [-0.2, 0) is 22.6 Å². The van der Waals surface area contributed by atoms with E-state index in [1.54, 1.807) is 6.26 Å². The molecule has 148 valence electrons. The summed E-state index contributed by atoms with van der Waals surface area (Å²) in [6.07, 6.45) is 2.57. The van der Waals surface area contributed by atoms with E-state index in [-0.39, 0.29) is 12.6 Å². The predicted molar refractivity (Wildman–Crippen MR) is 110 cm³/mol. The second-order valence-corrected chi connectivity index (χ2v) is 6.98. The molecule has 1 aliphatic rings. The first kappa shape index (κ1) is 18.8. The summed E-state index contributed by atoms with van der Waals surface area (Å²) in [5.41, 5.74) is 3.35. The summed E-state index contributed by atoms with van der Waals surface area (Å²) in [5, 5.41) is 5.42. The van der Waals surface area contributed by atoms with Crippen molar-refractivity contribution in [3.63, 3.8) is 0 Å². The lowest BCUT2D eigenvalue weighted by Gasteiger charge is -2.29. The average molecular weight is 389 g/mol. The van der Waals surface area contributed by atoms with Crippen LogP contribution in [0.1, 0.15) is 22.9 Å². The minimum absolute atomic E-state index is 0.181. The van der Waals surface area contributed by atoms with Gasteiger partial charge in [0.1, 0.15) is 11.8 Å². The molecule has 1 unspecified atom stereocenters. The molecule has 4 rings (SSSR count). The van der Waals surface area contributed by atoms with E-state index in [4.69, 9.17) is 4.42 Å². The van der Waals surface area contributed by atoms with E-state index in [2.05, 4.69) is 27.7 Å². The first-order chi connectivity index (χ1) is 14.2. The Kier molecular flexibility index (Phi) is 5.61. The lowest BCUT2D eigenvalue weighted by Crippen LogP contribution is -2.43. The summed E-state index contributed by atoms with van der Waals surface area (Å²) >= 11 is 0. The highest BCUT2D eigenvalue weighted by Crippen LogP contribution is 2.34. The van der Waals surface area contributed by atoms with Crippen molar-refractivity contribution >= 4 is 17.5 Å². The van der Waals surface area contributed by atoms with Crippen LogP contribution in [0.3, 0.4) is 0 Å². The zero-order chi connectivity index (χ0) is 20.1. The normalized spacial score (nSPS) is 13.6. The molecular weight excluding hydrogens is 366 g/mol. The van der Waals surface area contributed by atoms with Crippen molar-refractivity contribution < 1.29 is 14.0 Å². The highest BCUT2D eigenvalue weighted by atomic mass is 16.3. The van der Waals surface area contributed by atoms with Gasteiger partial charge in [0.15, 0.2) is 0 Å². The van der Waals surface area contributed by atoms with Gasteiger partial charge in [0.2, 0.25) is 0 Å². The first-order valence-corrected chi connectivity index (χ1v) is 9.70. The predicted octanol–water partition coefficient (Wildman–Crippen LogP) is 2.82. The molecule has 0 saturated heterocycles. The molecule has 0 bridgehead atoms. The van der Waals surface area contributed by atoms with Crippen LogP contribution in [0.4, 0.5) is 5.69 Å². The number of rotatable bonds is 6. The van der Waals surface area contributed by atoms with Gasteiger partial charge in [0, 0.05) is 25.3 Å². The highest BCUT2D eigenvalue weighted by Gasteiger charge is 2.29. The number of hydrogen-bond donors (Lipinski definition) is 2. The van der Waals surface area contributed by atoms with Crippen LogP contribution >= 0.6 is 0 Å². The molecule has 6 nitrogen and oxygen atoms in total. The van der Waals surface area contributed by atoms with Crippen molar-refractivity contribution in [2.24, 2.45) is 0 Å². The average Bonchev–Trinajstić information content (AvgIpc) is 3.44. The monoisotopic (exact) mass is 389 g/mol. The number of amides is 2. The van der Waals surface area contributed by atoms with Gasteiger partial charge in [-0.05, 0) is 35.7 Å². The van der Waals surface area contributed by atoms with Crippen LogP contribution in [0.5, 0.6) is 0 Å². The Balaban J connectivity index is 1.40. The standard InChI is InChI=1S/C23H23N3O3/c27-22(24-15-17-7-2-1-3-8-17)23(28)25-16-20(21-11-6-14-29-21)26-13-12-18-9-4-5-10-19(18)26/h1-11,14,20H,12-13,15-16H2,(H,24,27)(H,25,28). The number of carbonyl (C=O) groups excluding carboxylic acids is 2. The van der Waals surface area contributed by atoms with Crippen molar-refractivity contribution in [2.45, 2.75) is 19.0 Å². The SMILES string of the molecule is O=C(NCc1ccccc1)C(=O)NCC(c1ccco1)N1CCc2ccccc21. The van der Waals surface area contributed by atoms with Gasteiger partial charge < -0.3 is 20.0 Å². The second kappa shape index (κ2) is 8.65. The fraction of sp³-hybridized carbons (Fsp3) is 0.217. The number of nitrogens with one attached hydrogen (secondary N) is 2. The molecule has 0 saturated carbocycles. The number of anilines is 1. The molecule has 1 atom stereocenters. The van der Waals surface area contributed by atoms with Crippen LogP contribution in [0.25, 0.3) is 0 Å². The van der Waals surface area contributed by atoms with E-state index in [0.717, 1.165) is 30.0 Å². The molecule has 2 N–H and O–H groups in total. The van der Waals surface area contributed by atoms with Gasteiger partial charge in [0.05, 0.1) is 6.26 Å². The molecule has 0 fully saturated rings. The topological polar surface area (TPSA) is 74.6 Å². The van der Waals surface area contributed by atoms with Crippen LogP contribution in [0.15, 0.2) is 77.4 Å². The Morgan fingerprint density at radius 2 is 1.69 bits per heavy atom. The lowest BCUT2D eigenvalue weighted by molar-refractivity contribution is -0.139. The Morgan fingerprint density at radius 1 is 0.931 bits per heavy atom. The molecule has 3 aromatic rings. The fourth-order valence-electron chi connectivity index (χ4n) is 3.66. The van der Waals surface area contributed by atoms with Gasteiger partial charge in [0.25, 0.3) is 0 Å². The minimum Gasteiger partial charge on any atom is -0.467 e. The summed E-state index contributed by atoms with van der Waals surface area (Å²) < 4.78 is 5.63. The van der Waals surface area contributed by atoms with Gasteiger partial charge in [-0.25, -0.2) is 0 Å². The van der Waals surface area contributed by atoms with Crippen molar-refractivity contribution in [2.75, 3.05) is 18.0 Å². The zero-order valence-electron chi connectivity index (χ0n) is 16.0. The molecular formula is C23H23N3O3. The number of benzene rings is 2. The number of hydrogen-bond acceptors (Lipinski definition) is 4. The molecule has 1 aliphatic heterocycles. The number of nitrogens with zero attached hydrogens (tertiary/aromatic N) is 1. The van der Waals surface area contributed by atoms with Gasteiger partial charge in [-0.1, -0.05) is 48.5 Å². The third kappa shape index (κ3) is 4.32. The Hall–Kier alpha value is -3.54. The molecule has 1 aromatic heterocycles. The maximum Gasteiger partial charge on any atom is 0.309 e. The van der Waals surface area contributed by atoms with Gasteiger partial charge in [-0.2, -0.15) is 0 Å².